The first-order valence-corrected chi connectivity index (χ1v) is 8.28. The van der Waals surface area contributed by atoms with Gasteiger partial charge in [-0.05, 0) is 0 Å². The van der Waals surface area contributed by atoms with E-state index in [-0.39, 0.29) is 11.6 Å². The third-order valence-corrected chi connectivity index (χ3v) is 4.72. The summed E-state index contributed by atoms with van der Waals surface area (Å²) in [7, 11) is 0. The average molecular weight is 346 g/mol. The Morgan fingerprint density at radius 3 is 1.76 bits per heavy atom. The SMILES string of the molecule is O=C(C[Te]CC(=O)c1ccco1)c1ccco1. The summed E-state index contributed by atoms with van der Waals surface area (Å²) in [6.45, 7) is 0. The fourth-order valence-electron chi connectivity index (χ4n) is 1.25. The number of furan rings is 2. The van der Waals surface area contributed by atoms with Gasteiger partial charge in [0.25, 0.3) is 0 Å². The van der Waals surface area contributed by atoms with Gasteiger partial charge in [0.15, 0.2) is 0 Å². The van der Waals surface area contributed by atoms with Crippen LogP contribution in [0.4, 0.5) is 0 Å². The van der Waals surface area contributed by atoms with E-state index in [1.54, 1.807) is 24.3 Å². The van der Waals surface area contributed by atoms with Gasteiger partial charge in [-0.2, -0.15) is 0 Å². The Hall–Kier alpha value is -1.31. The molecule has 0 aromatic carbocycles. The number of rotatable bonds is 6. The monoisotopic (exact) mass is 348 g/mol. The van der Waals surface area contributed by atoms with Crippen molar-refractivity contribution in [1.29, 1.82) is 0 Å². The Bertz CT molecular complexity index is 438. The molecule has 0 fully saturated rings. The molecule has 0 amide bonds. The molecule has 0 saturated heterocycles. The molecule has 0 radical (unpaired) electrons. The van der Waals surface area contributed by atoms with E-state index in [1.165, 1.54) is 12.5 Å². The van der Waals surface area contributed by atoms with E-state index in [9.17, 15) is 9.59 Å². The molecule has 0 bridgehead atoms. The van der Waals surface area contributed by atoms with Crippen molar-refractivity contribution in [3.05, 3.63) is 48.3 Å². The first kappa shape index (κ1) is 12.2. The maximum atomic E-state index is 11.6. The van der Waals surface area contributed by atoms with Gasteiger partial charge in [0.2, 0.25) is 0 Å². The Balaban J connectivity index is 1.77. The molecule has 0 atom stereocenters. The van der Waals surface area contributed by atoms with Crippen molar-refractivity contribution in [2.75, 3.05) is 0 Å². The van der Waals surface area contributed by atoms with E-state index in [0.717, 1.165) is 0 Å². The van der Waals surface area contributed by atoms with Crippen molar-refractivity contribution in [3.8, 4) is 0 Å². The van der Waals surface area contributed by atoms with Crippen LogP contribution in [-0.4, -0.2) is 32.5 Å². The van der Waals surface area contributed by atoms with Crippen molar-refractivity contribution in [3.63, 3.8) is 0 Å². The van der Waals surface area contributed by atoms with Gasteiger partial charge in [0.05, 0.1) is 0 Å². The van der Waals surface area contributed by atoms with Crippen LogP contribution in [-0.2, 0) is 0 Å². The minimum atomic E-state index is -0.667. The maximum absolute atomic E-state index is 11.6. The molecule has 2 aromatic rings. The Kier molecular flexibility index (Phi) is 4.18. The van der Waals surface area contributed by atoms with Crippen molar-refractivity contribution >= 4 is 32.5 Å². The molecule has 5 heteroatoms. The third kappa shape index (κ3) is 3.32. The first-order chi connectivity index (χ1) is 8.27. The molecule has 2 heterocycles. The van der Waals surface area contributed by atoms with Crippen LogP contribution in [0.5, 0.6) is 0 Å². The van der Waals surface area contributed by atoms with Crippen LogP contribution in [0.1, 0.15) is 21.1 Å². The molecular weight excluding hydrogens is 336 g/mol. The van der Waals surface area contributed by atoms with Gasteiger partial charge in [-0.1, -0.05) is 0 Å². The quantitative estimate of drug-likeness (QED) is 0.596. The summed E-state index contributed by atoms with van der Waals surface area (Å²) < 4.78 is 10.9. The standard InChI is InChI=1S/C12H10O4Te/c13-9(11-3-1-5-15-11)7-17-8-10(14)12-4-2-6-16-12/h1-6H,7-8H2. The third-order valence-electron chi connectivity index (χ3n) is 2.06. The number of hydrogen-bond acceptors (Lipinski definition) is 4. The summed E-state index contributed by atoms with van der Waals surface area (Å²) in [5.41, 5.74) is 0. The van der Waals surface area contributed by atoms with E-state index in [1.807, 2.05) is 0 Å². The fraction of sp³-hybridized carbons (Fsp3) is 0.167. The van der Waals surface area contributed by atoms with Crippen molar-refractivity contribution in [2.45, 2.75) is 8.94 Å². The van der Waals surface area contributed by atoms with Gasteiger partial charge in [0.1, 0.15) is 0 Å². The number of carbonyl (C=O) groups is 2. The van der Waals surface area contributed by atoms with Crippen molar-refractivity contribution < 1.29 is 18.4 Å². The second-order valence-electron chi connectivity index (χ2n) is 3.29. The van der Waals surface area contributed by atoms with E-state index in [4.69, 9.17) is 8.83 Å². The van der Waals surface area contributed by atoms with Crippen LogP contribution in [0.2, 0.25) is 8.94 Å². The molecule has 0 aliphatic rings. The molecule has 4 nitrogen and oxygen atoms in total. The van der Waals surface area contributed by atoms with Crippen LogP contribution in [0.25, 0.3) is 0 Å². The zero-order chi connectivity index (χ0) is 12.1. The Morgan fingerprint density at radius 1 is 0.941 bits per heavy atom. The zero-order valence-corrected chi connectivity index (χ0v) is 11.2. The Labute approximate surface area is 108 Å². The van der Waals surface area contributed by atoms with Crippen LogP contribution in [0.15, 0.2) is 45.6 Å². The van der Waals surface area contributed by atoms with E-state index >= 15 is 0 Å². The number of hydrogen-bond donors (Lipinski definition) is 0. The van der Waals surface area contributed by atoms with Crippen LogP contribution >= 0.6 is 0 Å². The summed E-state index contributed by atoms with van der Waals surface area (Å²) in [6.07, 6.45) is 2.95. The molecule has 0 aliphatic heterocycles. The van der Waals surface area contributed by atoms with Gasteiger partial charge in [-0.15, -0.1) is 0 Å². The second-order valence-corrected chi connectivity index (χ2v) is 6.11. The second kappa shape index (κ2) is 5.85. The normalized spacial score (nSPS) is 10.4. The Morgan fingerprint density at radius 2 is 1.41 bits per heavy atom. The summed E-state index contributed by atoms with van der Waals surface area (Å²) in [4.78, 5) is 23.2. The molecular formula is C12H10O4Te. The minimum absolute atomic E-state index is 0.0235. The fourth-order valence-corrected chi connectivity index (χ4v) is 3.41. The van der Waals surface area contributed by atoms with E-state index in [2.05, 4.69) is 0 Å². The summed E-state index contributed by atoms with van der Waals surface area (Å²) >= 11 is -0.667. The molecule has 17 heavy (non-hydrogen) atoms. The zero-order valence-electron chi connectivity index (χ0n) is 8.92. The number of ketones is 2. The summed E-state index contributed by atoms with van der Waals surface area (Å²) in [5.74, 6) is 0.704. The molecule has 0 unspecified atom stereocenters. The van der Waals surface area contributed by atoms with Gasteiger partial charge >= 0.3 is 108 Å². The van der Waals surface area contributed by atoms with Crippen LogP contribution in [0.3, 0.4) is 0 Å². The van der Waals surface area contributed by atoms with Gasteiger partial charge in [0, 0.05) is 0 Å². The van der Waals surface area contributed by atoms with Gasteiger partial charge in [-0.3, -0.25) is 0 Å². The predicted molar refractivity (Wildman–Crippen MR) is 61.4 cm³/mol. The molecule has 0 saturated carbocycles. The molecule has 2 rings (SSSR count). The molecule has 0 aliphatic carbocycles. The number of carbonyl (C=O) groups excluding carboxylic acids is 2. The predicted octanol–water partition coefficient (Wildman–Crippen LogP) is 2.48. The van der Waals surface area contributed by atoms with Crippen molar-refractivity contribution in [2.24, 2.45) is 0 Å². The molecule has 2 aromatic heterocycles. The average Bonchev–Trinajstić information content (AvgIpc) is 3.02. The first-order valence-electron chi connectivity index (χ1n) is 4.98. The van der Waals surface area contributed by atoms with Gasteiger partial charge < -0.3 is 0 Å². The van der Waals surface area contributed by atoms with Crippen LogP contribution < -0.4 is 0 Å². The molecule has 88 valence electrons. The number of Topliss-reactive ketones (excluding diaryl/α,β-unsaturated/α-hetero) is 2. The summed E-state index contributed by atoms with van der Waals surface area (Å²) in [6, 6.07) is 6.65. The van der Waals surface area contributed by atoms with E-state index < -0.39 is 20.9 Å². The molecule has 0 N–H and O–H groups in total. The van der Waals surface area contributed by atoms with Crippen LogP contribution in [0, 0.1) is 0 Å². The topological polar surface area (TPSA) is 60.4 Å². The van der Waals surface area contributed by atoms with Crippen molar-refractivity contribution in [1.82, 2.24) is 0 Å². The summed E-state index contributed by atoms with van der Waals surface area (Å²) in [5, 5.41) is 0. The molecule has 0 spiro atoms. The van der Waals surface area contributed by atoms with E-state index in [0.29, 0.717) is 20.5 Å². The van der Waals surface area contributed by atoms with Gasteiger partial charge in [-0.25, -0.2) is 0 Å².